The molecule has 0 saturated heterocycles. The van der Waals surface area contributed by atoms with Gasteiger partial charge in [-0.25, -0.2) is 0 Å². The maximum Gasteiger partial charge on any atom is 0.283 e. The summed E-state index contributed by atoms with van der Waals surface area (Å²) in [6.07, 6.45) is 0.578. The van der Waals surface area contributed by atoms with Crippen LogP contribution < -0.4 is 5.32 Å². The number of nitrogens with one attached hydrogen (secondary N) is 1. The largest absolute Gasteiger partial charge is 0.349 e. The first kappa shape index (κ1) is 15.7. The number of carbonyl (C=O) groups is 1. The first-order chi connectivity index (χ1) is 8.81. The standard InChI is InChI=1S/C12H14Cl2N2O3/c1-7(13)5-8(2)15-12(17)10-4-3-9(14)6-11(10)16(18)19/h3-4,6-8H,5H2,1-2H3,(H,15,17). The van der Waals surface area contributed by atoms with Crippen LogP contribution in [0.15, 0.2) is 18.2 Å². The SMILES string of the molecule is CC(Cl)CC(C)NC(=O)c1ccc(Cl)cc1[N+](=O)[O-]. The number of alkyl halides is 1. The van der Waals surface area contributed by atoms with E-state index in [0.717, 1.165) is 6.07 Å². The van der Waals surface area contributed by atoms with Crippen LogP contribution in [0.5, 0.6) is 0 Å². The predicted octanol–water partition coefficient (Wildman–Crippen LogP) is 3.38. The third-order valence-electron chi connectivity index (χ3n) is 2.46. The van der Waals surface area contributed by atoms with Crippen molar-refractivity contribution in [3.63, 3.8) is 0 Å². The minimum absolute atomic E-state index is 0.0107. The molecule has 0 bridgehead atoms. The molecule has 0 spiro atoms. The fourth-order valence-corrected chi connectivity index (χ4v) is 2.13. The number of hydrogen-bond acceptors (Lipinski definition) is 3. The van der Waals surface area contributed by atoms with Gasteiger partial charge in [0.1, 0.15) is 5.56 Å². The van der Waals surface area contributed by atoms with E-state index in [1.54, 1.807) is 6.92 Å². The van der Waals surface area contributed by atoms with E-state index in [9.17, 15) is 14.9 Å². The second-order valence-electron chi connectivity index (χ2n) is 4.31. The molecule has 0 aliphatic carbocycles. The summed E-state index contributed by atoms with van der Waals surface area (Å²) >= 11 is 11.5. The molecule has 2 unspecified atom stereocenters. The summed E-state index contributed by atoms with van der Waals surface area (Å²) in [5.74, 6) is -0.506. The first-order valence-electron chi connectivity index (χ1n) is 5.70. The van der Waals surface area contributed by atoms with E-state index in [-0.39, 0.29) is 27.7 Å². The molecule has 0 aliphatic heterocycles. The maximum atomic E-state index is 12.0. The summed E-state index contributed by atoms with van der Waals surface area (Å²) in [4.78, 5) is 22.2. The van der Waals surface area contributed by atoms with Gasteiger partial charge in [-0.2, -0.15) is 0 Å². The predicted molar refractivity (Wildman–Crippen MR) is 75.0 cm³/mol. The number of hydrogen-bond donors (Lipinski definition) is 1. The Morgan fingerprint density at radius 3 is 2.63 bits per heavy atom. The third kappa shape index (κ3) is 4.69. The van der Waals surface area contributed by atoms with Gasteiger partial charge in [0.15, 0.2) is 0 Å². The molecule has 0 aromatic heterocycles. The number of carbonyl (C=O) groups excluding carboxylic acids is 1. The van der Waals surface area contributed by atoms with Gasteiger partial charge in [0.2, 0.25) is 0 Å². The van der Waals surface area contributed by atoms with Crippen LogP contribution in [0.25, 0.3) is 0 Å². The molecular formula is C12H14Cl2N2O3. The highest BCUT2D eigenvalue weighted by Crippen LogP contribution is 2.23. The summed E-state index contributed by atoms with van der Waals surface area (Å²) in [5.41, 5.74) is -0.320. The summed E-state index contributed by atoms with van der Waals surface area (Å²) < 4.78 is 0. The van der Waals surface area contributed by atoms with Gasteiger partial charge >= 0.3 is 0 Å². The number of nitro benzene ring substituents is 1. The Hall–Kier alpha value is -1.33. The Bertz CT molecular complexity index is 492. The molecule has 7 heteroatoms. The minimum atomic E-state index is -0.629. The number of nitro groups is 1. The van der Waals surface area contributed by atoms with E-state index in [4.69, 9.17) is 23.2 Å². The van der Waals surface area contributed by atoms with Crippen LogP contribution in [0, 0.1) is 10.1 Å². The number of benzene rings is 1. The molecule has 0 aliphatic rings. The minimum Gasteiger partial charge on any atom is -0.349 e. The lowest BCUT2D eigenvalue weighted by molar-refractivity contribution is -0.385. The molecular weight excluding hydrogens is 291 g/mol. The van der Waals surface area contributed by atoms with Gasteiger partial charge in [0.25, 0.3) is 11.6 Å². The van der Waals surface area contributed by atoms with Gasteiger partial charge < -0.3 is 5.32 Å². The molecule has 0 fully saturated rings. The topological polar surface area (TPSA) is 72.2 Å². The quantitative estimate of drug-likeness (QED) is 0.515. The van der Waals surface area contributed by atoms with Crippen LogP contribution in [0.3, 0.4) is 0 Å². The number of rotatable bonds is 5. The number of nitrogens with zero attached hydrogens (tertiary/aromatic N) is 1. The molecule has 104 valence electrons. The van der Waals surface area contributed by atoms with E-state index in [1.807, 2.05) is 6.92 Å². The van der Waals surface area contributed by atoms with Crippen molar-refractivity contribution in [2.24, 2.45) is 0 Å². The van der Waals surface area contributed by atoms with Gasteiger partial charge in [0, 0.05) is 22.5 Å². The van der Waals surface area contributed by atoms with E-state index < -0.39 is 10.8 Å². The van der Waals surface area contributed by atoms with Crippen LogP contribution in [0.4, 0.5) is 5.69 Å². The average molecular weight is 305 g/mol. The van der Waals surface area contributed by atoms with Gasteiger partial charge in [-0.15, -0.1) is 11.6 Å². The highest BCUT2D eigenvalue weighted by atomic mass is 35.5. The summed E-state index contributed by atoms with van der Waals surface area (Å²) in [5, 5.41) is 13.7. The molecule has 5 nitrogen and oxygen atoms in total. The van der Waals surface area contributed by atoms with Gasteiger partial charge in [-0.3, -0.25) is 14.9 Å². The molecule has 0 heterocycles. The van der Waals surface area contributed by atoms with Crippen molar-refractivity contribution < 1.29 is 9.72 Å². The molecule has 0 saturated carbocycles. The van der Waals surface area contributed by atoms with E-state index in [0.29, 0.717) is 6.42 Å². The van der Waals surface area contributed by atoms with Crippen molar-refractivity contribution >= 4 is 34.8 Å². The van der Waals surface area contributed by atoms with Crippen molar-refractivity contribution in [3.8, 4) is 0 Å². The Labute approximate surface area is 121 Å². The van der Waals surface area contributed by atoms with Crippen molar-refractivity contribution in [3.05, 3.63) is 38.9 Å². The van der Waals surface area contributed by atoms with Gasteiger partial charge in [-0.1, -0.05) is 11.6 Å². The van der Waals surface area contributed by atoms with Crippen LogP contribution in [-0.2, 0) is 0 Å². The smallest absolute Gasteiger partial charge is 0.283 e. The Morgan fingerprint density at radius 1 is 1.47 bits per heavy atom. The summed E-state index contributed by atoms with van der Waals surface area (Å²) in [6, 6.07) is 3.77. The zero-order valence-corrected chi connectivity index (χ0v) is 12.0. The molecule has 0 radical (unpaired) electrons. The van der Waals surface area contributed by atoms with E-state index >= 15 is 0 Å². The van der Waals surface area contributed by atoms with Crippen LogP contribution >= 0.6 is 23.2 Å². The summed E-state index contributed by atoms with van der Waals surface area (Å²) in [7, 11) is 0. The van der Waals surface area contributed by atoms with Crippen LogP contribution in [-0.4, -0.2) is 22.2 Å². The average Bonchev–Trinajstić information content (AvgIpc) is 2.27. The second-order valence-corrected chi connectivity index (χ2v) is 5.49. The Kier molecular flexibility index (Phi) is 5.57. The highest BCUT2D eigenvalue weighted by molar-refractivity contribution is 6.31. The first-order valence-corrected chi connectivity index (χ1v) is 6.51. The summed E-state index contributed by atoms with van der Waals surface area (Å²) in [6.45, 7) is 3.60. The molecule has 1 rings (SSSR count). The molecule has 1 amide bonds. The molecule has 19 heavy (non-hydrogen) atoms. The Morgan fingerprint density at radius 2 is 2.11 bits per heavy atom. The monoisotopic (exact) mass is 304 g/mol. The molecule has 1 N–H and O–H groups in total. The molecule has 1 aromatic carbocycles. The van der Waals surface area contributed by atoms with Crippen molar-refractivity contribution in [1.29, 1.82) is 0 Å². The van der Waals surface area contributed by atoms with Gasteiger partial charge in [0.05, 0.1) is 4.92 Å². The Balaban J connectivity index is 2.91. The van der Waals surface area contributed by atoms with E-state index in [2.05, 4.69) is 5.32 Å². The number of amides is 1. The van der Waals surface area contributed by atoms with Crippen LogP contribution in [0.1, 0.15) is 30.6 Å². The highest BCUT2D eigenvalue weighted by Gasteiger charge is 2.21. The maximum absolute atomic E-state index is 12.0. The fraction of sp³-hybridized carbons (Fsp3) is 0.417. The van der Waals surface area contributed by atoms with Crippen molar-refractivity contribution in [1.82, 2.24) is 5.32 Å². The van der Waals surface area contributed by atoms with Crippen molar-refractivity contribution in [2.75, 3.05) is 0 Å². The number of halogens is 2. The lowest BCUT2D eigenvalue weighted by Gasteiger charge is -2.15. The van der Waals surface area contributed by atoms with E-state index in [1.165, 1.54) is 12.1 Å². The van der Waals surface area contributed by atoms with Crippen molar-refractivity contribution in [2.45, 2.75) is 31.7 Å². The molecule has 1 aromatic rings. The molecule has 2 atom stereocenters. The zero-order valence-electron chi connectivity index (χ0n) is 10.5. The second kappa shape index (κ2) is 6.73. The van der Waals surface area contributed by atoms with Crippen LogP contribution in [0.2, 0.25) is 5.02 Å². The van der Waals surface area contributed by atoms with Gasteiger partial charge in [-0.05, 0) is 32.4 Å². The zero-order chi connectivity index (χ0) is 14.6. The lowest BCUT2D eigenvalue weighted by atomic mass is 10.1. The third-order valence-corrected chi connectivity index (χ3v) is 2.87. The fourth-order valence-electron chi connectivity index (χ4n) is 1.70. The normalized spacial score (nSPS) is 13.7. The lowest BCUT2D eigenvalue weighted by Crippen LogP contribution is -2.34.